The molecule has 4 fully saturated rings. The number of aromatic nitrogens is 4. The molecule has 7 aromatic rings. The predicted octanol–water partition coefficient (Wildman–Crippen LogP) is -2.68. The van der Waals surface area contributed by atoms with Crippen molar-refractivity contribution < 1.29 is 117 Å². The topological polar surface area (TPSA) is 710 Å². The number of amides is 15. The summed E-state index contributed by atoms with van der Waals surface area (Å²) in [5.74, 6) is -22.1. The second kappa shape index (κ2) is 57.6. The van der Waals surface area contributed by atoms with E-state index in [0.717, 1.165) is 27.0 Å². The van der Waals surface area contributed by atoms with Gasteiger partial charge in [0.1, 0.15) is 72.5 Å². The van der Waals surface area contributed by atoms with Crippen LogP contribution in [-0.2, 0) is 117 Å². The lowest BCUT2D eigenvalue weighted by Crippen LogP contribution is -2.63. The highest BCUT2D eigenvalue weighted by Gasteiger charge is 2.43. The minimum absolute atomic E-state index is 0.0437. The number of nitrogens with one attached hydrogen (secondary N) is 16. The van der Waals surface area contributed by atoms with Gasteiger partial charge in [0.15, 0.2) is 0 Å². The standard InChI is InChI=1S/C100H136N24O24S2/c1-4-57(2)87(118-99(147)88(58(3)125)119-95(143)72(42-63-47-106-68-19-11-9-17-66(63)68)109-81(127)22-6-5-13-27-105-82(128)50-120-31-33-121(51-84(131)132)35-37-123(53-86(135)136)38-36-122(34-32-120)52-85(133)134)98(146)117-78-55-150-149-54-77(97(145)115-76(100(148)124-30-14-21-79(124)89(102)137)43-64-48-107-69-20-12-10-18-67(64)69)116-94(142)75(46-83(129)130)114-92(140)73(44-65-49-104-56-108-65)112-91(139)71(41-60-23-24-61-15-7-8-16-62(61)39-60)110-93(141)74(45-80(101)126)113-90(138)70(111-96(78)144)40-59-25-28-103-29-26-59/h7-12,15-20,23-24,39,47-49,56-59,70-79,87-88,103,106-107,125H,4-6,13-14,21-22,25-38,40-46,50-55H2,1-3H3,(H2,101,126)(H2,102,137)(H,104,108)(H,105,128)(H,109,127)(H,110,141)(H,111,144)(H,112,139)(H,113,138)(H,114,140)(H,115,145)(H,116,142)(H,117,146)(H,118,147)(H,119,143)(H,129,130)(H,131,132)(H,133,134)(H,135,136)/t57-,58+,70-,71-,72-,73-,74-,75-,76-,77-,78-,79-,87-,88-/m0/s1. The number of aromatic amines is 3. The number of piperidine rings is 1. The van der Waals surface area contributed by atoms with Gasteiger partial charge < -0.3 is 126 Å². The number of carboxylic acids is 4. The number of unbranched alkanes of at least 4 members (excludes halogenated alkanes) is 2. The number of primary amides is 2. The van der Waals surface area contributed by atoms with Crippen molar-refractivity contribution in [1.29, 1.82) is 0 Å². The molecule has 15 amide bonds. The minimum Gasteiger partial charge on any atom is -0.481 e. The fraction of sp³-hybridized carbons (Fsp3) is 0.520. The summed E-state index contributed by atoms with van der Waals surface area (Å²) >= 11 is 0. The number of H-pyrrole nitrogens is 3. The van der Waals surface area contributed by atoms with Gasteiger partial charge in [0.2, 0.25) is 88.6 Å². The SMILES string of the molecule is CC[C@H](C)[C@H](NC(=O)[C@@H](NC(=O)[C@H](Cc1c[nH]c2ccccc12)NC(=O)CCCCCNC(=O)CN1CCN(CC(=O)O)CCN(CC(=O)O)CCN(CC(=O)O)CC1)[C@@H](C)O)C(=O)N[C@H]1CSSC[C@@H](C(=O)N[C@@H](Cc2c[nH]c3ccccc23)C(=O)N2CCC[C@H]2C(N)=O)NC(=O)[C@H](CC(=O)O)NC(=O)[C@H](Cc2cnc[nH]2)NC(=O)[C@H](Cc2ccc3ccccc3c2)NC(=O)[C@H](CC(N)=O)NC(=O)[C@H](CC2CCNCC2)NC1=O. The van der Waals surface area contributed by atoms with Crippen LogP contribution >= 0.6 is 21.6 Å². The lowest BCUT2D eigenvalue weighted by atomic mass is 9.90. The van der Waals surface area contributed by atoms with E-state index in [1.807, 2.05) is 6.07 Å². The van der Waals surface area contributed by atoms with E-state index in [0.29, 0.717) is 89.1 Å². The smallest absolute Gasteiger partial charge is 0.317 e. The number of nitrogens with zero attached hydrogens (tertiary/aromatic N) is 6. The van der Waals surface area contributed by atoms with Gasteiger partial charge in [-0.15, -0.1) is 0 Å². The molecular formula is C100H136N24O24S2. The van der Waals surface area contributed by atoms with Gasteiger partial charge >= 0.3 is 23.9 Å². The first-order valence-electron chi connectivity index (χ1n) is 50.2. The Morgan fingerprint density at radius 1 is 0.507 bits per heavy atom. The molecule has 4 aromatic carbocycles. The highest BCUT2D eigenvalue weighted by atomic mass is 33.1. The van der Waals surface area contributed by atoms with Crippen LogP contribution in [0.5, 0.6) is 0 Å². The van der Waals surface area contributed by atoms with Gasteiger partial charge in [-0.2, -0.15) is 0 Å². The monoisotopic (exact) mass is 2120 g/mol. The molecule has 14 atom stereocenters. The highest BCUT2D eigenvalue weighted by molar-refractivity contribution is 8.76. The van der Waals surface area contributed by atoms with Crippen molar-refractivity contribution in [3.63, 3.8) is 0 Å². The summed E-state index contributed by atoms with van der Waals surface area (Å²) in [6, 6.07) is 6.02. The van der Waals surface area contributed by atoms with Crippen LogP contribution in [0.2, 0.25) is 0 Å². The van der Waals surface area contributed by atoms with Crippen LogP contribution in [0.3, 0.4) is 0 Å². The lowest BCUT2D eigenvalue weighted by Gasteiger charge is -2.32. The molecule has 48 nitrogen and oxygen atoms in total. The second-order valence-electron chi connectivity index (χ2n) is 38.3. The molecule has 4 aliphatic rings. The van der Waals surface area contributed by atoms with Crippen LogP contribution in [0.25, 0.3) is 32.6 Å². The van der Waals surface area contributed by atoms with Crippen LogP contribution in [0.4, 0.5) is 0 Å². The Bertz CT molecular complexity index is 5870. The highest BCUT2D eigenvalue weighted by Crippen LogP contribution is 2.29. The van der Waals surface area contributed by atoms with Crippen molar-refractivity contribution in [2.75, 3.05) is 116 Å². The van der Waals surface area contributed by atoms with Crippen molar-refractivity contribution >= 4 is 167 Å². The van der Waals surface area contributed by atoms with E-state index >= 15 is 52.7 Å². The summed E-state index contributed by atoms with van der Waals surface area (Å²) in [5.41, 5.74) is 14.8. The molecule has 0 radical (unpaired) electrons. The molecule has 3 aromatic heterocycles. The van der Waals surface area contributed by atoms with Gasteiger partial charge in [-0.3, -0.25) is 111 Å². The second-order valence-corrected chi connectivity index (χ2v) is 40.9. The van der Waals surface area contributed by atoms with Gasteiger partial charge in [-0.1, -0.05) is 127 Å². The Balaban J connectivity index is 0.868. The molecular weight excluding hydrogens is 1990 g/mol. The Morgan fingerprint density at radius 3 is 1.60 bits per heavy atom. The molecule has 0 bridgehead atoms. The molecule has 4 aliphatic heterocycles. The number of carboxylic acid groups (broad SMARTS) is 4. The van der Waals surface area contributed by atoms with Crippen LogP contribution in [0, 0.1) is 11.8 Å². The molecule has 0 spiro atoms. The number of fused-ring (bicyclic) bond motifs is 3. The fourth-order valence-electron chi connectivity index (χ4n) is 18.6. The molecule has 4 saturated heterocycles. The molecule has 812 valence electrons. The maximum Gasteiger partial charge on any atom is 0.317 e. The summed E-state index contributed by atoms with van der Waals surface area (Å²) in [4.78, 5) is 292. The third-order valence-electron chi connectivity index (χ3n) is 27.0. The van der Waals surface area contributed by atoms with Crippen molar-refractivity contribution in [2.24, 2.45) is 23.3 Å². The van der Waals surface area contributed by atoms with Crippen LogP contribution in [0.1, 0.15) is 120 Å². The van der Waals surface area contributed by atoms with Gasteiger partial charge in [-0.25, -0.2) is 4.98 Å². The quantitative estimate of drug-likeness (QED) is 0.0137. The van der Waals surface area contributed by atoms with E-state index in [9.17, 15) is 63.9 Å². The molecule has 11 rings (SSSR count). The molecule has 25 N–H and O–H groups in total. The number of carbonyl (C=O) groups excluding carboxylic acids is 15. The zero-order chi connectivity index (χ0) is 108. The summed E-state index contributed by atoms with van der Waals surface area (Å²) < 4.78 is 0. The normalized spacial score (nSPS) is 21.3. The Hall–Kier alpha value is -14.2. The number of likely N-dealkylation sites (tertiary alicyclic amines) is 1. The van der Waals surface area contributed by atoms with Crippen molar-refractivity contribution in [3.05, 3.63) is 138 Å². The number of benzene rings is 4. The average Bonchev–Trinajstić information content (AvgIpc) is 1.66. The van der Waals surface area contributed by atoms with E-state index in [1.165, 1.54) is 24.3 Å². The van der Waals surface area contributed by atoms with Crippen molar-refractivity contribution in [1.82, 2.24) is 114 Å². The van der Waals surface area contributed by atoms with E-state index < -0.39 is 222 Å². The Morgan fingerprint density at radius 2 is 1.03 bits per heavy atom. The number of aliphatic carboxylic acids is 4. The molecule has 0 unspecified atom stereocenters. The Labute approximate surface area is 872 Å². The first-order valence-corrected chi connectivity index (χ1v) is 52.7. The number of rotatable bonds is 42. The fourth-order valence-corrected chi connectivity index (χ4v) is 20.9. The first-order chi connectivity index (χ1) is 71.8. The molecule has 7 heterocycles. The molecule has 150 heavy (non-hydrogen) atoms. The number of carbonyl (C=O) groups is 19. The van der Waals surface area contributed by atoms with Crippen molar-refractivity contribution in [3.8, 4) is 0 Å². The maximum absolute atomic E-state index is 15.8. The molecule has 0 aliphatic carbocycles. The van der Waals surface area contributed by atoms with Gasteiger partial charge in [0.05, 0.1) is 51.5 Å². The zero-order valence-corrected chi connectivity index (χ0v) is 85.5. The molecule has 0 saturated carbocycles. The lowest BCUT2D eigenvalue weighted by molar-refractivity contribution is -0.142. The average molecular weight is 2120 g/mol. The number of imidazole rings is 1. The predicted molar refractivity (Wildman–Crippen MR) is 552 cm³/mol. The van der Waals surface area contributed by atoms with Gasteiger partial charge in [0, 0.05) is 155 Å². The number of aliphatic hydroxyl groups excluding tert-OH is 1. The van der Waals surface area contributed by atoms with E-state index in [4.69, 9.17) is 11.5 Å². The van der Waals surface area contributed by atoms with Crippen LogP contribution < -0.4 is 80.6 Å². The molecule has 50 heteroatoms. The van der Waals surface area contributed by atoms with Crippen LogP contribution in [-0.4, -0.2) is 377 Å². The minimum atomic E-state index is -2.11. The van der Waals surface area contributed by atoms with Gasteiger partial charge in [0.25, 0.3) is 0 Å². The zero-order valence-electron chi connectivity index (χ0n) is 83.8. The van der Waals surface area contributed by atoms with Gasteiger partial charge in [-0.05, 0) is 116 Å². The number of hydrogen-bond donors (Lipinski definition) is 23. The van der Waals surface area contributed by atoms with E-state index in [1.54, 1.807) is 131 Å². The number of nitrogens with two attached hydrogens (primary N) is 2. The summed E-state index contributed by atoms with van der Waals surface area (Å²) in [5, 5.41) is 89.3. The summed E-state index contributed by atoms with van der Waals surface area (Å²) in [6.45, 7) is 5.91. The number of para-hydroxylation sites is 2. The summed E-state index contributed by atoms with van der Waals surface area (Å²) in [7, 11) is 1.56. The third kappa shape index (κ3) is 35.8. The number of aliphatic hydroxyl groups is 1. The third-order valence-corrected chi connectivity index (χ3v) is 29.4. The summed E-state index contributed by atoms with van der Waals surface area (Å²) in [6.07, 6.45) is 3.08. The van der Waals surface area contributed by atoms with Crippen molar-refractivity contribution in [2.45, 2.75) is 202 Å². The Kier molecular flexibility index (Phi) is 44.5. The largest absolute Gasteiger partial charge is 0.481 e. The number of hydrogen-bond acceptors (Lipinski definition) is 28. The van der Waals surface area contributed by atoms with Crippen LogP contribution in [0.15, 0.2) is 116 Å². The first kappa shape index (κ1) is 116. The van der Waals surface area contributed by atoms with E-state index in [-0.39, 0.29) is 161 Å². The maximum atomic E-state index is 15.8. The van der Waals surface area contributed by atoms with E-state index in [2.05, 4.69) is 89.1 Å².